The van der Waals surface area contributed by atoms with E-state index in [0.29, 0.717) is 29.2 Å². The molecule has 25 heavy (non-hydrogen) atoms. The van der Waals surface area contributed by atoms with Crippen LogP contribution in [0.3, 0.4) is 0 Å². The van der Waals surface area contributed by atoms with Crippen molar-refractivity contribution in [2.75, 3.05) is 13.7 Å². The van der Waals surface area contributed by atoms with Gasteiger partial charge in [0.05, 0.1) is 24.8 Å². The van der Waals surface area contributed by atoms with Crippen LogP contribution in [-0.4, -0.2) is 25.5 Å². The summed E-state index contributed by atoms with van der Waals surface area (Å²) in [5.74, 6) is 0.866. The molecule has 5 heteroatoms. The lowest BCUT2D eigenvalue weighted by Gasteiger charge is -2.06. The zero-order chi connectivity index (χ0) is 18.0. The number of Topliss-reactive ketones (excluding diaryl/α,β-unsaturated/α-hetero) is 1. The summed E-state index contributed by atoms with van der Waals surface area (Å²) >= 11 is 0. The number of esters is 1. The maximum Gasteiger partial charge on any atom is 0.337 e. The minimum absolute atomic E-state index is 0.160. The summed E-state index contributed by atoms with van der Waals surface area (Å²) in [6, 6.07) is 10.3. The fourth-order valence-electron chi connectivity index (χ4n) is 2.71. The highest BCUT2D eigenvalue weighted by atomic mass is 16.5. The first kappa shape index (κ1) is 16.8. The topological polar surface area (TPSA) is 61.8 Å². The molecule has 3 rings (SSSR count). The van der Waals surface area contributed by atoms with Crippen molar-refractivity contribution in [2.24, 2.45) is 0 Å². The Hall–Kier alpha value is -3.08. The monoisotopic (exact) mass is 338 g/mol. The number of methoxy groups -OCH3 is 1. The number of rotatable bonds is 4. The van der Waals surface area contributed by atoms with Crippen molar-refractivity contribution in [2.45, 2.75) is 13.8 Å². The number of ether oxygens (including phenoxy) is 3. The molecule has 5 nitrogen and oxygen atoms in total. The maximum absolute atomic E-state index is 12.6. The Balaban J connectivity index is 1.89. The Morgan fingerprint density at radius 1 is 1.20 bits per heavy atom. The van der Waals surface area contributed by atoms with Gasteiger partial charge >= 0.3 is 5.97 Å². The fraction of sp³-hybridized carbons (Fsp3) is 0.200. The number of aryl methyl sites for hydroxylation is 1. The summed E-state index contributed by atoms with van der Waals surface area (Å²) in [6.07, 6.45) is 1.66. The Bertz CT molecular complexity index is 862. The molecule has 1 aliphatic heterocycles. The van der Waals surface area contributed by atoms with Gasteiger partial charge in [0.25, 0.3) is 0 Å². The van der Waals surface area contributed by atoms with Gasteiger partial charge in [-0.15, -0.1) is 0 Å². The van der Waals surface area contributed by atoms with Crippen molar-refractivity contribution in [3.8, 4) is 11.5 Å². The van der Waals surface area contributed by atoms with E-state index in [4.69, 9.17) is 9.47 Å². The highest BCUT2D eigenvalue weighted by molar-refractivity contribution is 6.15. The molecule has 2 aromatic carbocycles. The lowest BCUT2D eigenvalue weighted by atomic mass is 10.0. The van der Waals surface area contributed by atoms with Crippen LogP contribution in [0, 0.1) is 6.92 Å². The second kappa shape index (κ2) is 6.81. The molecule has 1 aliphatic rings. The molecule has 0 unspecified atom stereocenters. The molecule has 0 aliphatic carbocycles. The molecule has 1 heterocycles. The van der Waals surface area contributed by atoms with Crippen molar-refractivity contribution >= 4 is 17.8 Å². The van der Waals surface area contributed by atoms with E-state index in [-0.39, 0.29) is 11.5 Å². The molecular formula is C20H18O5. The number of fused-ring (bicyclic) bond motifs is 1. The molecule has 2 aromatic rings. The average Bonchev–Trinajstić information content (AvgIpc) is 2.91. The van der Waals surface area contributed by atoms with Crippen molar-refractivity contribution in [3.05, 3.63) is 64.4 Å². The van der Waals surface area contributed by atoms with E-state index >= 15 is 0 Å². The largest absolute Gasteiger partial charge is 0.494 e. The van der Waals surface area contributed by atoms with Crippen LogP contribution >= 0.6 is 0 Å². The van der Waals surface area contributed by atoms with Crippen molar-refractivity contribution in [1.29, 1.82) is 0 Å². The van der Waals surface area contributed by atoms with Crippen molar-refractivity contribution in [3.63, 3.8) is 0 Å². The van der Waals surface area contributed by atoms with Crippen molar-refractivity contribution < 1.29 is 23.8 Å². The summed E-state index contributed by atoms with van der Waals surface area (Å²) in [7, 11) is 1.33. The number of allylic oxidation sites excluding steroid dienone is 1. The van der Waals surface area contributed by atoms with Gasteiger partial charge < -0.3 is 14.2 Å². The van der Waals surface area contributed by atoms with E-state index < -0.39 is 5.97 Å². The van der Waals surface area contributed by atoms with Crippen LogP contribution in [0.25, 0.3) is 6.08 Å². The average molecular weight is 338 g/mol. The van der Waals surface area contributed by atoms with Gasteiger partial charge in [0.1, 0.15) is 11.5 Å². The summed E-state index contributed by atoms with van der Waals surface area (Å²) in [5.41, 5.74) is 2.58. The van der Waals surface area contributed by atoms with Gasteiger partial charge in [-0.2, -0.15) is 0 Å². The van der Waals surface area contributed by atoms with Crippen LogP contribution in [0.15, 0.2) is 42.2 Å². The Morgan fingerprint density at radius 3 is 2.56 bits per heavy atom. The Kier molecular flexibility index (Phi) is 4.57. The van der Waals surface area contributed by atoms with Crippen LogP contribution in [0.1, 0.15) is 38.8 Å². The molecule has 0 N–H and O–H groups in total. The second-order valence-corrected chi connectivity index (χ2v) is 5.60. The van der Waals surface area contributed by atoms with Crippen LogP contribution < -0.4 is 9.47 Å². The highest BCUT2D eigenvalue weighted by Gasteiger charge is 2.29. The maximum atomic E-state index is 12.6. The summed E-state index contributed by atoms with van der Waals surface area (Å²) < 4.78 is 15.9. The minimum atomic E-state index is -0.404. The van der Waals surface area contributed by atoms with Gasteiger partial charge in [0.2, 0.25) is 5.78 Å². The predicted molar refractivity (Wildman–Crippen MR) is 93.1 cm³/mol. The molecule has 0 aromatic heterocycles. The van der Waals surface area contributed by atoms with Crippen LogP contribution in [0.4, 0.5) is 0 Å². The number of ketones is 1. The van der Waals surface area contributed by atoms with E-state index in [1.54, 1.807) is 36.4 Å². The van der Waals surface area contributed by atoms with E-state index in [9.17, 15) is 9.59 Å². The van der Waals surface area contributed by atoms with Gasteiger partial charge in [0.15, 0.2) is 5.76 Å². The van der Waals surface area contributed by atoms with Gasteiger partial charge in [-0.1, -0.05) is 12.1 Å². The molecule has 0 fully saturated rings. The predicted octanol–water partition coefficient (Wildman–Crippen LogP) is 3.80. The number of hydrogen-bond acceptors (Lipinski definition) is 5. The first-order valence-electron chi connectivity index (χ1n) is 7.93. The van der Waals surface area contributed by atoms with Gasteiger partial charge in [-0.3, -0.25) is 4.79 Å². The molecular weight excluding hydrogens is 320 g/mol. The molecule has 0 atom stereocenters. The van der Waals surface area contributed by atoms with Gasteiger partial charge in [0, 0.05) is 6.07 Å². The Morgan fingerprint density at radius 2 is 1.92 bits per heavy atom. The molecule has 0 amide bonds. The third-order valence-corrected chi connectivity index (χ3v) is 3.88. The number of carbonyl (C=O) groups excluding carboxylic acids is 2. The molecule has 0 radical (unpaired) electrons. The number of carbonyl (C=O) groups is 2. The third-order valence-electron chi connectivity index (χ3n) is 3.88. The van der Waals surface area contributed by atoms with Crippen LogP contribution in [-0.2, 0) is 4.74 Å². The van der Waals surface area contributed by atoms with E-state index in [1.807, 2.05) is 19.9 Å². The lowest BCUT2D eigenvalue weighted by Crippen LogP contribution is -2.01. The highest BCUT2D eigenvalue weighted by Crippen LogP contribution is 2.37. The standard InChI is InChI=1S/C20H18O5/c1-4-24-15-9-12(2)18-16(11-15)25-17(19(18)21)10-13-5-7-14(8-6-13)20(22)23-3/h5-11H,4H2,1-3H3/b17-10-. The van der Waals surface area contributed by atoms with E-state index in [0.717, 1.165) is 11.1 Å². The SMILES string of the molecule is CCOc1cc(C)c2c(c1)O/C(=C\c1ccc(C(=O)OC)cc1)C2=O. The number of hydrogen-bond donors (Lipinski definition) is 0. The zero-order valence-electron chi connectivity index (χ0n) is 14.3. The van der Waals surface area contributed by atoms with Crippen molar-refractivity contribution in [1.82, 2.24) is 0 Å². The summed E-state index contributed by atoms with van der Waals surface area (Å²) in [4.78, 5) is 24.1. The lowest BCUT2D eigenvalue weighted by molar-refractivity contribution is 0.0600. The van der Waals surface area contributed by atoms with Crippen LogP contribution in [0.5, 0.6) is 11.5 Å². The summed E-state index contributed by atoms with van der Waals surface area (Å²) in [5, 5.41) is 0. The van der Waals surface area contributed by atoms with Gasteiger partial charge in [-0.05, 0) is 49.2 Å². The first-order chi connectivity index (χ1) is 12.0. The summed E-state index contributed by atoms with van der Waals surface area (Å²) in [6.45, 7) is 4.30. The quantitative estimate of drug-likeness (QED) is 0.627. The molecule has 0 spiro atoms. The van der Waals surface area contributed by atoms with Gasteiger partial charge in [-0.25, -0.2) is 4.79 Å². The molecule has 0 saturated heterocycles. The smallest absolute Gasteiger partial charge is 0.337 e. The zero-order valence-corrected chi connectivity index (χ0v) is 14.3. The second-order valence-electron chi connectivity index (χ2n) is 5.60. The van der Waals surface area contributed by atoms with Crippen LogP contribution in [0.2, 0.25) is 0 Å². The molecule has 0 saturated carbocycles. The van der Waals surface area contributed by atoms with E-state index in [2.05, 4.69) is 4.74 Å². The molecule has 128 valence electrons. The first-order valence-corrected chi connectivity index (χ1v) is 7.93. The third kappa shape index (κ3) is 3.26. The normalized spacial score (nSPS) is 14.2. The minimum Gasteiger partial charge on any atom is -0.494 e. The Labute approximate surface area is 145 Å². The fourth-order valence-corrected chi connectivity index (χ4v) is 2.71. The number of benzene rings is 2. The van der Waals surface area contributed by atoms with E-state index in [1.165, 1.54) is 7.11 Å². The molecule has 0 bridgehead atoms.